The first kappa shape index (κ1) is 17.1. The van der Waals surface area contributed by atoms with Crippen LogP contribution in [0.25, 0.3) is 0 Å². The molecule has 0 amide bonds. The lowest BCUT2D eigenvalue weighted by Crippen LogP contribution is -2.45. The SMILES string of the molecule is COCCS(=O)(=O)NC(C)C1CCCNC1.Cl. The molecule has 17 heavy (non-hydrogen) atoms. The molecule has 1 aliphatic rings. The van der Waals surface area contributed by atoms with Crippen molar-refractivity contribution in [3.05, 3.63) is 0 Å². The number of ether oxygens (including phenoxy) is 1. The first-order chi connectivity index (χ1) is 7.55. The molecular weight excluding hydrogens is 264 g/mol. The Bertz CT molecular complexity index is 292. The van der Waals surface area contributed by atoms with Gasteiger partial charge in [-0.05, 0) is 38.8 Å². The van der Waals surface area contributed by atoms with Crippen molar-refractivity contribution in [2.24, 2.45) is 5.92 Å². The minimum absolute atomic E-state index is 0. The normalized spacial score (nSPS) is 22.8. The summed E-state index contributed by atoms with van der Waals surface area (Å²) in [4.78, 5) is 0. The molecule has 1 aliphatic heterocycles. The number of sulfonamides is 1. The quantitative estimate of drug-likeness (QED) is 0.740. The fourth-order valence-corrected chi connectivity index (χ4v) is 3.20. The minimum atomic E-state index is -3.20. The molecule has 0 saturated carbocycles. The number of rotatable bonds is 6. The zero-order valence-electron chi connectivity index (χ0n) is 10.4. The Morgan fingerprint density at radius 2 is 2.24 bits per heavy atom. The van der Waals surface area contributed by atoms with Gasteiger partial charge in [0.15, 0.2) is 0 Å². The van der Waals surface area contributed by atoms with Crippen LogP contribution in [-0.2, 0) is 14.8 Å². The zero-order valence-corrected chi connectivity index (χ0v) is 12.1. The molecule has 0 aliphatic carbocycles. The molecule has 1 fully saturated rings. The van der Waals surface area contributed by atoms with Crippen molar-refractivity contribution >= 4 is 22.4 Å². The fourth-order valence-electron chi connectivity index (χ4n) is 1.94. The molecule has 2 N–H and O–H groups in total. The van der Waals surface area contributed by atoms with Gasteiger partial charge in [-0.1, -0.05) is 0 Å². The summed E-state index contributed by atoms with van der Waals surface area (Å²) >= 11 is 0. The Labute approximate surface area is 110 Å². The van der Waals surface area contributed by atoms with Crippen LogP contribution in [0.5, 0.6) is 0 Å². The van der Waals surface area contributed by atoms with Gasteiger partial charge in [0.25, 0.3) is 0 Å². The summed E-state index contributed by atoms with van der Waals surface area (Å²) in [5.74, 6) is 0.430. The first-order valence-electron chi connectivity index (χ1n) is 5.75. The smallest absolute Gasteiger partial charge is 0.214 e. The van der Waals surface area contributed by atoms with E-state index in [0.29, 0.717) is 5.92 Å². The molecule has 1 rings (SSSR count). The number of methoxy groups -OCH3 is 1. The van der Waals surface area contributed by atoms with Crippen LogP contribution < -0.4 is 10.0 Å². The largest absolute Gasteiger partial charge is 0.384 e. The van der Waals surface area contributed by atoms with E-state index in [1.54, 1.807) is 0 Å². The fraction of sp³-hybridized carbons (Fsp3) is 1.00. The molecule has 2 unspecified atom stereocenters. The predicted octanol–water partition coefficient (Wildman–Crippen LogP) is 0.362. The maximum Gasteiger partial charge on any atom is 0.214 e. The van der Waals surface area contributed by atoms with E-state index < -0.39 is 10.0 Å². The van der Waals surface area contributed by atoms with Crippen LogP contribution in [0.4, 0.5) is 0 Å². The van der Waals surface area contributed by atoms with E-state index in [2.05, 4.69) is 10.0 Å². The van der Waals surface area contributed by atoms with Crippen molar-refractivity contribution in [1.82, 2.24) is 10.0 Å². The Balaban J connectivity index is 0.00000256. The van der Waals surface area contributed by atoms with Gasteiger partial charge in [0, 0.05) is 13.2 Å². The standard InChI is InChI=1S/C10H22N2O3S.ClH/c1-9(10-4-3-5-11-8-10)12-16(13,14)7-6-15-2;/h9-12H,3-8H2,1-2H3;1H. The highest BCUT2D eigenvalue weighted by Gasteiger charge is 2.23. The monoisotopic (exact) mass is 286 g/mol. The Kier molecular flexibility index (Phi) is 8.32. The summed E-state index contributed by atoms with van der Waals surface area (Å²) in [6.07, 6.45) is 2.20. The van der Waals surface area contributed by atoms with Gasteiger partial charge >= 0.3 is 0 Å². The van der Waals surface area contributed by atoms with Gasteiger partial charge in [0.1, 0.15) is 0 Å². The van der Waals surface area contributed by atoms with Gasteiger partial charge in [-0.15, -0.1) is 12.4 Å². The third-order valence-corrected chi connectivity index (χ3v) is 4.40. The molecule has 0 radical (unpaired) electrons. The van der Waals surface area contributed by atoms with Crippen molar-refractivity contribution in [3.63, 3.8) is 0 Å². The molecule has 104 valence electrons. The third-order valence-electron chi connectivity index (χ3n) is 2.96. The van der Waals surface area contributed by atoms with E-state index in [0.717, 1.165) is 25.9 Å². The third kappa shape index (κ3) is 6.57. The van der Waals surface area contributed by atoms with Crippen LogP contribution in [0.2, 0.25) is 0 Å². The lowest BCUT2D eigenvalue weighted by molar-refractivity contribution is 0.216. The van der Waals surface area contributed by atoms with Crippen LogP contribution in [0.3, 0.4) is 0 Å². The highest BCUT2D eigenvalue weighted by atomic mass is 35.5. The van der Waals surface area contributed by atoms with Gasteiger partial charge in [0.05, 0.1) is 12.4 Å². The van der Waals surface area contributed by atoms with Crippen LogP contribution >= 0.6 is 12.4 Å². The molecule has 5 nitrogen and oxygen atoms in total. The maximum absolute atomic E-state index is 11.6. The second-order valence-electron chi connectivity index (χ2n) is 4.32. The van der Waals surface area contributed by atoms with Crippen LogP contribution in [0.15, 0.2) is 0 Å². The number of nitrogens with one attached hydrogen (secondary N) is 2. The molecule has 1 heterocycles. The van der Waals surface area contributed by atoms with Gasteiger partial charge in [0.2, 0.25) is 10.0 Å². The Morgan fingerprint density at radius 3 is 2.76 bits per heavy atom. The minimum Gasteiger partial charge on any atom is -0.384 e. The Hall–Kier alpha value is 0.120. The summed E-state index contributed by atoms with van der Waals surface area (Å²) in [5, 5.41) is 3.29. The molecule has 7 heteroatoms. The summed E-state index contributed by atoms with van der Waals surface area (Å²) in [7, 11) is -1.69. The molecular formula is C10H23ClN2O3S. The number of piperidine rings is 1. The second kappa shape index (κ2) is 8.26. The van der Waals surface area contributed by atoms with E-state index in [4.69, 9.17) is 4.74 Å². The van der Waals surface area contributed by atoms with Crippen LogP contribution in [-0.4, -0.2) is 47.0 Å². The summed E-state index contributed by atoms with van der Waals surface area (Å²) in [5.41, 5.74) is 0. The summed E-state index contributed by atoms with van der Waals surface area (Å²) in [6.45, 7) is 4.11. The van der Waals surface area contributed by atoms with E-state index in [1.165, 1.54) is 7.11 Å². The van der Waals surface area contributed by atoms with Gasteiger partial charge in [-0.3, -0.25) is 0 Å². The molecule has 2 atom stereocenters. The highest BCUT2D eigenvalue weighted by molar-refractivity contribution is 7.89. The number of hydrogen-bond acceptors (Lipinski definition) is 4. The maximum atomic E-state index is 11.6. The molecule has 0 aromatic heterocycles. The Morgan fingerprint density at radius 1 is 1.53 bits per heavy atom. The topological polar surface area (TPSA) is 67.4 Å². The van der Waals surface area contributed by atoms with E-state index in [1.807, 2.05) is 6.92 Å². The van der Waals surface area contributed by atoms with Gasteiger partial charge < -0.3 is 10.1 Å². The van der Waals surface area contributed by atoms with Crippen molar-refractivity contribution in [3.8, 4) is 0 Å². The van der Waals surface area contributed by atoms with Gasteiger partial charge in [-0.25, -0.2) is 13.1 Å². The molecule has 0 aromatic rings. The molecule has 0 aromatic carbocycles. The highest BCUT2D eigenvalue weighted by Crippen LogP contribution is 2.14. The number of hydrogen-bond donors (Lipinski definition) is 2. The zero-order chi connectivity index (χ0) is 12.0. The second-order valence-corrected chi connectivity index (χ2v) is 6.20. The summed E-state index contributed by atoms with van der Waals surface area (Å²) in [6, 6.07) is -0.00495. The van der Waals surface area contributed by atoms with Crippen LogP contribution in [0, 0.1) is 5.92 Å². The van der Waals surface area contributed by atoms with E-state index in [9.17, 15) is 8.42 Å². The molecule has 0 spiro atoms. The van der Waals surface area contributed by atoms with E-state index in [-0.39, 0.29) is 30.8 Å². The van der Waals surface area contributed by atoms with Crippen molar-refractivity contribution in [2.75, 3.05) is 32.6 Å². The lowest BCUT2D eigenvalue weighted by atomic mass is 9.94. The summed E-state index contributed by atoms with van der Waals surface area (Å²) < 4.78 is 30.7. The predicted molar refractivity (Wildman–Crippen MR) is 71.1 cm³/mol. The van der Waals surface area contributed by atoms with Crippen LogP contribution in [0.1, 0.15) is 19.8 Å². The average Bonchev–Trinajstić information content (AvgIpc) is 2.27. The lowest BCUT2D eigenvalue weighted by Gasteiger charge is -2.28. The van der Waals surface area contributed by atoms with E-state index >= 15 is 0 Å². The van der Waals surface area contributed by atoms with Crippen molar-refractivity contribution in [1.29, 1.82) is 0 Å². The van der Waals surface area contributed by atoms with Crippen molar-refractivity contribution < 1.29 is 13.2 Å². The first-order valence-corrected chi connectivity index (χ1v) is 7.40. The average molecular weight is 287 g/mol. The number of halogens is 1. The van der Waals surface area contributed by atoms with Crippen molar-refractivity contribution in [2.45, 2.75) is 25.8 Å². The molecule has 1 saturated heterocycles. The molecule has 0 bridgehead atoms. The van der Waals surface area contributed by atoms with Gasteiger partial charge in [-0.2, -0.15) is 0 Å².